The quantitative estimate of drug-likeness (QED) is 0.834. The number of rotatable bonds is 7. The summed E-state index contributed by atoms with van der Waals surface area (Å²) < 4.78 is 0. The summed E-state index contributed by atoms with van der Waals surface area (Å²) in [7, 11) is 1.97. The van der Waals surface area contributed by atoms with Crippen LogP contribution < -0.4 is 10.2 Å². The summed E-state index contributed by atoms with van der Waals surface area (Å²) in [5.74, 6) is 5.71. The lowest BCUT2D eigenvalue weighted by molar-refractivity contribution is 0.665. The molecular formula is C17H26N4. The molecule has 0 aliphatic heterocycles. The minimum absolute atomic E-state index is 0.611. The number of anilines is 2. The zero-order chi connectivity index (χ0) is 14.4. The highest BCUT2D eigenvalue weighted by Gasteiger charge is 2.33. The first-order valence-corrected chi connectivity index (χ1v) is 8.56. The predicted octanol–water partition coefficient (Wildman–Crippen LogP) is 3.33. The molecular weight excluding hydrogens is 260 g/mol. The zero-order valence-corrected chi connectivity index (χ0v) is 13.2. The van der Waals surface area contributed by atoms with Crippen molar-refractivity contribution in [2.45, 2.75) is 51.4 Å². The van der Waals surface area contributed by atoms with E-state index < -0.39 is 0 Å². The molecule has 1 heterocycles. The lowest BCUT2D eigenvalue weighted by Gasteiger charge is -2.26. The number of nitrogens with one attached hydrogen (secondary N) is 1. The average molecular weight is 286 g/mol. The molecule has 0 aromatic carbocycles. The van der Waals surface area contributed by atoms with Crippen LogP contribution in [0.5, 0.6) is 0 Å². The monoisotopic (exact) mass is 286 g/mol. The Morgan fingerprint density at radius 2 is 1.62 bits per heavy atom. The average Bonchev–Trinajstić information content (AvgIpc) is 3.34. The molecule has 0 spiro atoms. The van der Waals surface area contributed by atoms with Crippen LogP contribution in [0.15, 0.2) is 0 Å². The molecule has 0 radical (unpaired) electrons. The van der Waals surface area contributed by atoms with Crippen LogP contribution in [-0.2, 0) is 0 Å². The van der Waals surface area contributed by atoms with E-state index in [-0.39, 0.29) is 0 Å². The second kappa shape index (κ2) is 5.15. The lowest BCUT2D eigenvalue weighted by atomic mass is 10.2. The second-order valence-corrected chi connectivity index (χ2v) is 7.20. The van der Waals surface area contributed by atoms with Gasteiger partial charge in [-0.1, -0.05) is 0 Å². The zero-order valence-electron chi connectivity index (χ0n) is 13.2. The molecule has 21 heavy (non-hydrogen) atoms. The van der Waals surface area contributed by atoms with E-state index in [0.29, 0.717) is 5.92 Å². The summed E-state index contributed by atoms with van der Waals surface area (Å²) in [6, 6.07) is 0. The van der Waals surface area contributed by atoms with Gasteiger partial charge in [0.25, 0.3) is 0 Å². The van der Waals surface area contributed by atoms with Gasteiger partial charge in [-0.25, -0.2) is 9.97 Å². The van der Waals surface area contributed by atoms with Crippen molar-refractivity contribution in [3.63, 3.8) is 0 Å². The third-order valence-corrected chi connectivity index (χ3v) is 4.97. The number of aromatic nitrogens is 2. The maximum absolute atomic E-state index is 4.98. The van der Waals surface area contributed by atoms with Crippen molar-refractivity contribution >= 4 is 11.6 Å². The third-order valence-electron chi connectivity index (χ3n) is 4.97. The number of nitrogens with zero attached hydrogens (tertiary/aromatic N) is 3. The van der Waals surface area contributed by atoms with Crippen LogP contribution in [0.1, 0.15) is 55.8 Å². The maximum Gasteiger partial charge on any atom is 0.137 e. The topological polar surface area (TPSA) is 41.1 Å². The molecule has 3 fully saturated rings. The van der Waals surface area contributed by atoms with Gasteiger partial charge < -0.3 is 10.2 Å². The second-order valence-electron chi connectivity index (χ2n) is 7.20. The molecule has 4 nitrogen and oxygen atoms in total. The molecule has 0 amide bonds. The smallest absolute Gasteiger partial charge is 0.137 e. The van der Waals surface area contributed by atoms with Crippen LogP contribution in [0, 0.1) is 18.8 Å². The standard InChI is InChI=1S/C17H26N4/c1-11-15(18-2)19-16(14-7-8-14)20-17(11)21(9-12-3-4-12)10-13-5-6-13/h12-14H,3-10H2,1-2H3,(H,18,19,20). The highest BCUT2D eigenvalue weighted by Crippen LogP contribution is 2.41. The minimum atomic E-state index is 0.611. The Labute approximate surface area is 127 Å². The van der Waals surface area contributed by atoms with E-state index in [0.717, 1.165) is 23.5 Å². The Morgan fingerprint density at radius 1 is 1.00 bits per heavy atom. The van der Waals surface area contributed by atoms with Crippen molar-refractivity contribution in [1.29, 1.82) is 0 Å². The molecule has 0 saturated heterocycles. The van der Waals surface area contributed by atoms with Crippen molar-refractivity contribution in [3.05, 3.63) is 11.4 Å². The summed E-state index contributed by atoms with van der Waals surface area (Å²) in [6.07, 6.45) is 8.13. The minimum Gasteiger partial charge on any atom is -0.373 e. The van der Waals surface area contributed by atoms with Crippen molar-refractivity contribution in [1.82, 2.24) is 9.97 Å². The van der Waals surface area contributed by atoms with Gasteiger partial charge >= 0.3 is 0 Å². The van der Waals surface area contributed by atoms with Gasteiger partial charge in [0.15, 0.2) is 0 Å². The lowest BCUT2D eigenvalue weighted by Crippen LogP contribution is -2.30. The molecule has 3 aliphatic carbocycles. The van der Waals surface area contributed by atoms with Crippen molar-refractivity contribution in [2.24, 2.45) is 11.8 Å². The van der Waals surface area contributed by atoms with Crippen LogP contribution in [-0.4, -0.2) is 30.1 Å². The summed E-state index contributed by atoms with van der Waals surface area (Å²) in [4.78, 5) is 12.3. The van der Waals surface area contributed by atoms with E-state index in [9.17, 15) is 0 Å². The normalized spacial score (nSPS) is 21.4. The van der Waals surface area contributed by atoms with Crippen molar-refractivity contribution in [2.75, 3.05) is 30.4 Å². The van der Waals surface area contributed by atoms with E-state index in [1.165, 1.54) is 63.0 Å². The molecule has 4 rings (SSSR count). The first kappa shape index (κ1) is 13.4. The van der Waals surface area contributed by atoms with Crippen molar-refractivity contribution in [3.8, 4) is 0 Å². The summed E-state index contributed by atoms with van der Waals surface area (Å²) in [6.45, 7) is 4.56. The van der Waals surface area contributed by atoms with Crippen LogP contribution in [0.2, 0.25) is 0 Å². The highest BCUT2D eigenvalue weighted by atomic mass is 15.2. The highest BCUT2D eigenvalue weighted by molar-refractivity contribution is 5.59. The fourth-order valence-electron chi connectivity index (χ4n) is 3.07. The first-order chi connectivity index (χ1) is 10.2. The summed E-state index contributed by atoms with van der Waals surface area (Å²) in [5.41, 5.74) is 1.23. The van der Waals surface area contributed by atoms with Gasteiger partial charge in [-0.3, -0.25) is 0 Å². The van der Waals surface area contributed by atoms with Gasteiger partial charge in [0.05, 0.1) is 0 Å². The third kappa shape index (κ3) is 2.99. The van der Waals surface area contributed by atoms with Gasteiger partial charge in [0, 0.05) is 31.6 Å². The van der Waals surface area contributed by atoms with Gasteiger partial charge in [-0.05, 0) is 57.3 Å². The van der Waals surface area contributed by atoms with Gasteiger partial charge in [-0.15, -0.1) is 0 Å². The van der Waals surface area contributed by atoms with E-state index in [1.807, 2.05) is 7.05 Å². The summed E-state index contributed by atoms with van der Waals surface area (Å²) >= 11 is 0. The molecule has 4 heteroatoms. The van der Waals surface area contributed by atoms with Crippen LogP contribution >= 0.6 is 0 Å². The van der Waals surface area contributed by atoms with E-state index in [1.54, 1.807) is 0 Å². The first-order valence-electron chi connectivity index (χ1n) is 8.56. The molecule has 1 aromatic rings. The SMILES string of the molecule is CNc1nc(C2CC2)nc(N(CC2CC2)CC2CC2)c1C. The Hall–Kier alpha value is -1.32. The molecule has 114 valence electrons. The molecule has 3 saturated carbocycles. The molecule has 0 unspecified atom stereocenters. The molecule has 3 aliphatic rings. The Balaban J connectivity index is 1.66. The Bertz CT molecular complexity index is 516. The number of hydrogen-bond acceptors (Lipinski definition) is 4. The Kier molecular flexibility index (Phi) is 3.27. The largest absolute Gasteiger partial charge is 0.373 e. The van der Waals surface area contributed by atoms with Crippen LogP contribution in [0.3, 0.4) is 0 Å². The Morgan fingerprint density at radius 3 is 2.10 bits per heavy atom. The van der Waals surface area contributed by atoms with Crippen LogP contribution in [0.4, 0.5) is 11.6 Å². The van der Waals surface area contributed by atoms with Gasteiger partial charge in [0.1, 0.15) is 17.5 Å². The van der Waals surface area contributed by atoms with Crippen LogP contribution in [0.25, 0.3) is 0 Å². The molecule has 0 bridgehead atoms. The summed E-state index contributed by atoms with van der Waals surface area (Å²) in [5, 5.41) is 3.27. The number of hydrogen-bond donors (Lipinski definition) is 1. The molecule has 1 N–H and O–H groups in total. The fraction of sp³-hybridized carbons (Fsp3) is 0.765. The van der Waals surface area contributed by atoms with Crippen molar-refractivity contribution < 1.29 is 0 Å². The predicted molar refractivity (Wildman–Crippen MR) is 86.0 cm³/mol. The van der Waals surface area contributed by atoms with E-state index >= 15 is 0 Å². The van der Waals surface area contributed by atoms with E-state index in [2.05, 4.69) is 17.1 Å². The fourth-order valence-corrected chi connectivity index (χ4v) is 3.07. The van der Waals surface area contributed by atoms with Gasteiger partial charge in [-0.2, -0.15) is 0 Å². The molecule has 1 aromatic heterocycles. The maximum atomic E-state index is 4.98. The van der Waals surface area contributed by atoms with Gasteiger partial charge in [0.2, 0.25) is 0 Å². The van der Waals surface area contributed by atoms with E-state index in [4.69, 9.17) is 9.97 Å². The molecule has 0 atom stereocenters.